The fourth-order valence-electron chi connectivity index (χ4n) is 3.22. The lowest BCUT2D eigenvalue weighted by Gasteiger charge is -2.35. The average Bonchev–Trinajstić information content (AvgIpc) is 2.63. The minimum absolute atomic E-state index is 0.164. The highest BCUT2D eigenvalue weighted by molar-refractivity contribution is 5.40. The molecule has 3 rings (SSSR count). The Bertz CT molecular complexity index is 700. The van der Waals surface area contributed by atoms with Gasteiger partial charge in [-0.15, -0.1) is 0 Å². The van der Waals surface area contributed by atoms with E-state index in [4.69, 9.17) is 9.47 Å². The smallest absolute Gasteiger partial charge is 0.127 e. The molecule has 0 N–H and O–H groups in total. The Morgan fingerprint density at radius 3 is 2.24 bits per heavy atom. The maximum Gasteiger partial charge on any atom is 0.127 e. The van der Waals surface area contributed by atoms with Crippen LogP contribution < -0.4 is 9.47 Å². The van der Waals surface area contributed by atoms with Gasteiger partial charge < -0.3 is 9.47 Å². The first-order valence-corrected chi connectivity index (χ1v) is 8.58. The van der Waals surface area contributed by atoms with Gasteiger partial charge in [0.05, 0.1) is 14.2 Å². The van der Waals surface area contributed by atoms with Crippen LogP contribution in [0.15, 0.2) is 42.5 Å². The SMILES string of the molecule is COc1ccc(CN2CCN(Cc3cccc(F)c3)CC2)c(OC)c1. The van der Waals surface area contributed by atoms with Gasteiger partial charge in [-0.05, 0) is 23.8 Å². The molecule has 2 aromatic carbocycles. The molecule has 1 saturated heterocycles. The Morgan fingerprint density at radius 1 is 0.880 bits per heavy atom. The monoisotopic (exact) mass is 344 g/mol. The molecular formula is C20H25FN2O2. The van der Waals surface area contributed by atoms with Crippen molar-refractivity contribution >= 4 is 0 Å². The summed E-state index contributed by atoms with van der Waals surface area (Å²) >= 11 is 0. The molecule has 1 heterocycles. The average molecular weight is 344 g/mol. The first-order valence-electron chi connectivity index (χ1n) is 8.58. The number of nitrogens with zero attached hydrogens (tertiary/aromatic N) is 2. The molecule has 0 bridgehead atoms. The molecule has 0 atom stereocenters. The van der Waals surface area contributed by atoms with Gasteiger partial charge in [-0.1, -0.05) is 18.2 Å². The van der Waals surface area contributed by atoms with Gasteiger partial charge in [-0.25, -0.2) is 4.39 Å². The van der Waals surface area contributed by atoms with Crippen molar-refractivity contribution in [3.63, 3.8) is 0 Å². The van der Waals surface area contributed by atoms with Crippen molar-refractivity contribution in [1.82, 2.24) is 9.80 Å². The maximum absolute atomic E-state index is 13.3. The van der Waals surface area contributed by atoms with E-state index in [1.165, 1.54) is 11.6 Å². The van der Waals surface area contributed by atoms with Gasteiger partial charge in [-0.3, -0.25) is 9.80 Å². The fraction of sp³-hybridized carbons (Fsp3) is 0.400. The minimum atomic E-state index is -0.164. The third-order valence-electron chi connectivity index (χ3n) is 4.65. The standard InChI is InChI=1S/C20H25FN2O2/c1-24-19-7-6-17(20(13-19)25-2)15-23-10-8-22(9-11-23)14-16-4-3-5-18(21)12-16/h3-7,12-13H,8-11,14-15H2,1-2H3. The van der Waals surface area contributed by atoms with Crippen LogP contribution in [0.1, 0.15) is 11.1 Å². The molecule has 1 aliphatic heterocycles. The molecule has 4 nitrogen and oxygen atoms in total. The number of rotatable bonds is 6. The van der Waals surface area contributed by atoms with E-state index in [1.54, 1.807) is 26.4 Å². The first-order chi connectivity index (χ1) is 12.2. The van der Waals surface area contributed by atoms with E-state index in [9.17, 15) is 4.39 Å². The van der Waals surface area contributed by atoms with Crippen molar-refractivity contribution < 1.29 is 13.9 Å². The fourth-order valence-corrected chi connectivity index (χ4v) is 3.22. The number of hydrogen-bond acceptors (Lipinski definition) is 4. The minimum Gasteiger partial charge on any atom is -0.497 e. The summed E-state index contributed by atoms with van der Waals surface area (Å²) in [6.07, 6.45) is 0. The summed E-state index contributed by atoms with van der Waals surface area (Å²) in [6, 6.07) is 12.8. The van der Waals surface area contributed by atoms with Crippen molar-refractivity contribution in [2.75, 3.05) is 40.4 Å². The highest BCUT2D eigenvalue weighted by atomic mass is 19.1. The largest absolute Gasteiger partial charge is 0.497 e. The van der Waals surface area contributed by atoms with Crippen LogP contribution in [0.3, 0.4) is 0 Å². The van der Waals surface area contributed by atoms with E-state index < -0.39 is 0 Å². The van der Waals surface area contributed by atoms with Crippen molar-refractivity contribution in [2.45, 2.75) is 13.1 Å². The molecule has 1 aliphatic rings. The molecule has 0 saturated carbocycles. The number of methoxy groups -OCH3 is 2. The van der Waals surface area contributed by atoms with Crippen LogP contribution in [0, 0.1) is 5.82 Å². The first kappa shape index (κ1) is 17.7. The molecule has 134 valence electrons. The zero-order valence-corrected chi connectivity index (χ0v) is 14.9. The Hall–Kier alpha value is -2.11. The zero-order valence-electron chi connectivity index (χ0n) is 14.9. The molecule has 2 aromatic rings. The van der Waals surface area contributed by atoms with Crippen LogP contribution in [0.2, 0.25) is 0 Å². The van der Waals surface area contributed by atoms with E-state index in [0.29, 0.717) is 0 Å². The maximum atomic E-state index is 13.3. The number of ether oxygens (including phenoxy) is 2. The van der Waals surface area contributed by atoms with Crippen LogP contribution in [-0.4, -0.2) is 50.2 Å². The normalized spacial score (nSPS) is 16.0. The van der Waals surface area contributed by atoms with E-state index in [1.807, 2.05) is 18.2 Å². The van der Waals surface area contributed by atoms with Gasteiger partial charge in [-0.2, -0.15) is 0 Å². The molecule has 1 fully saturated rings. The highest BCUT2D eigenvalue weighted by Gasteiger charge is 2.18. The van der Waals surface area contributed by atoms with Gasteiger partial charge in [0.15, 0.2) is 0 Å². The van der Waals surface area contributed by atoms with Crippen LogP contribution in [-0.2, 0) is 13.1 Å². The van der Waals surface area contributed by atoms with Gasteiger partial charge in [0.2, 0.25) is 0 Å². The van der Waals surface area contributed by atoms with E-state index in [0.717, 1.165) is 56.3 Å². The summed E-state index contributed by atoms with van der Waals surface area (Å²) in [4.78, 5) is 4.79. The summed E-state index contributed by atoms with van der Waals surface area (Å²) in [6.45, 7) is 5.61. The molecule has 0 spiro atoms. The Morgan fingerprint density at radius 2 is 1.60 bits per heavy atom. The molecule has 0 aromatic heterocycles. The van der Waals surface area contributed by atoms with Crippen LogP contribution in [0.25, 0.3) is 0 Å². The van der Waals surface area contributed by atoms with Crippen LogP contribution in [0.5, 0.6) is 11.5 Å². The van der Waals surface area contributed by atoms with Crippen LogP contribution in [0.4, 0.5) is 4.39 Å². The van der Waals surface area contributed by atoms with E-state index in [2.05, 4.69) is 15.9 Å². The summed E-state index contributed by atoms with van der Waals surface area (Å²) in [7, 11) is 3.35. The predicted molar refractivity (Wildman–Crippen MR) is 96.5 cm³/mol. The molecular weight excluding hydrogens is 319 g/mol. The zero-order chi connectivity index (χ0) is 17.6. The van der Waals surface area contributed by atoms with Crippen molar-refractivity contribution in [3.05, 3.63) is 59.4 Å². The number of halogens is 1. The molecule has 5 heteroatoms. The number of benzene rings is 2. The molecule has 0 unspecified atom stereocenters. The lowest BCUT2D eigenvalue weighted by atomic mass is 10.1. The second-order valence-corrected chi connectivity index (χ2v) is 6.36. The van der Waals surface area contributed by atoms with Gasteiger partial charge in [0.1, 0.15) is 17.3 Å². The van der Waals surface area contributed by atoms with Gasteiger partial charge in [0.25, 0.3) is 0 Å². The molecule has 0 radical (unpaired) electrons. The summed E-state index contributed by atoms with van der Waals surface area (Å²) in [5.74, 6) is 1.50. The Labute approximate surface area is 148 Å². The molecule has 0 amide bonds. The molecule has 25 heavy (non-hydrogen) atoms. The van der Waals surface area contributed by atoms with Crippen molar-refractivity contribution in [2.24, 2.45) is 0 Å². The summed E-state index contributed by atoms with van der Waals surface area (Å²) < 4.78 is 24.0. The third kappa shape index (κ3) is 4.71. The van der Waals surface area contributed by atoms with Crippen molar-refractivity contribution in [3.8, 4) is 11.5 Å². The summed E-state index contributed by atoms with van der Waals surface area (Å²) in [5.41, 5.74) is 2.20. The van der Waals surface area contributed by atoms with Crippen LogP contribution >= 0.6 is 0 Å². The molecule has 0 aliphatic carbocycles. The predicted octanol–water partition coefficient (Wildman–Crippen LogP) is 3.16. The lowest BCUT2D eigenvalue weighted by Crippen LogP contribution is -2.45. The second kappa shape index (κ2) is 8.32. The number of hydrogen-bond donors (Lipinski definition) is 0. The van der Waals surface area contributed by atoms with E-state index >= 15 is 0 Å². The Balaban J connectivity index is 1.54. The van der Waals surface area contributed by atoms with E-state index in [-0.39, 0.29) is 5.82 Å². The van der Waals surface area contributed by atoms with Gasteiger partial charge >= 0.3 is 0 Å². The topological polar surface area (TPSA) is 24.9 Å². The lowest BCUT2D eigenvalue weighted by molar-refractivity contribution is 0.121. The Kier molecular flexibility index (Phi) is 5.89. The van der Waals surface area contributed by atoms with Crippen molar-refractivity contribution in [1.29, 1.82) is 0 Å². The van der Waals surface area contributed by atoms with Gasteiger partial charge in [0, 0.05) is 50.9 Å². The summed E-state index contributed by atoms with van der Waals surface area (Å²) in [5, 5.41) is 0. The number of piperazine rings is 1. The second-order valence-electron chi connectivity index (χ2n) is 6.36. The highest BCUT2D eigenvalue weighted by Crippen LogP contribution is 2.26. The third-order valence-corrected chi connectivity index (χ3v) is 4.65. The quantitative estimate of drug-likeness (QED) is 0.804.